The lowest BCUT2D eigenvalue weighted by molar-refractivity contribution is 0.570. The summed E-state index contributed by atoms with van der Waals surface area (Å²) >= 11 is 0. The molecule has 6 N–H and O–H groups in total. The fourth-order valence-electron chi connectivity index (χ4n) is 1.20. The van der Waals surface area contributed by atoms with Gasteiger partial charge < -0.3 is 22.1 Å². The molecule has 0 unspecified atom stereocenters. The third-order valence-corrected chi connectivity index (χ3v) is 2.07. The van der Waals surface area contributed by atoms with E-state index in [1.54, 1.807) is 0 Å². The Bertz CT molecular complexity index is 86.1. The minimum Gasteiger partial charge on any atom is -0.330 e. The molecule has 0 saturated heterocycles. The molecule has 0 aromatic heterocycles. The summed E-state index contributed by atoms with van der Waals surface area (Å²) in [7, 11) is 0. The predicted molar refractivity (Wildman–Crippen MR) is 62.3 cm³/mol. The molecular formula is C10H26N4. The first-order chi connectivity index (χ1) is 6.91. The molecule has 0 radical (unpaired) electrons. The molecule has 0 spiro atoms. The highest BCUT2D eigenvalue weighted by Crippen LogP contribution is 1.84. The second-order valence-corrected chi connectivity index (χ2v) is 3.49. The third-order valence-electron chi connectivity index (χ3n) is 2.07. The Labute approximate surface area is 87.8 Å². The Morgan fingerprint density at radius 2 is 0.929 bits per heavy atom. The molecule has 4 heteroatoms. The van der Waals surface area contributed by atoms with E-state index in [4.69, 9.17) is 11.5 Å². The van der Waals surface area contributed by atoms with Crippen molar-refractivity contribution in [2.75, 3.05) is 39.3 Å². The number of hydrogen-bond acceptors (Lipinski definition) is 4. The lowest BCUT2D eigenvalue weighted by Crippen LogP contribution is -2.22. The minimum atomic E-state index is 0.785. The van der Waals surface area contributed by atoms with Gasteiger partial charge in [-0.15, -0.1) is 0 Å². The van der Waals surface area contributed by atoms with Crippen LogP contribution in [0.3, 0.4) is 0 Å². The van der Waals surface area contributed by atoms with E-state index < -0.39 is 0 Å². The van der Waals surface area contributed by atoms with Crippen LogP contribution in [0.25, 0.3) is 0 Å². The highest BCUT2D eigenvalue weighted by Gasteiger charge is 1.89. The number of hydrogen-bond donors (Lipinski definition) is 4. The summed E-state index contributed by atoms with van der Waals surface area (Å²) in [6.07, 6.45) is 4.63. The average molecular weight is 206 g/mol. The lowest BCUT2D eigenvalue weighted by Gasteiger charge is -2.04. The van der Waals surface area contributed by atoms with Gasteiger partial charge in [-0.25, -0.2) is 0 Å². The van der Waals surface area contributed by atoms with Gasteiger partial charge in [-0.05, 0) is 65.0 Å². The molecule has 0 aliphatic rings. The van der Waals surface area contributed by atoms with Crippen LogP contribution in [0.1, 0.15) is 25.7 Å². The maximum absolute atomic E-state index is 5.38. The van der Waals surface area contributed by atoms with Gasteiger partial charge in [-0.3, -0.25) is 0 Å². The van der Waals surface area contributed by atoms with E-state index in [9.17, 15) is 0 Å². The second kappa shape index (κ2) is 12.8. The molecule has 0 bridgehead atoms. The van der Waals surface area contributed by atoms with Gasteiger partial charge in [-0.1, -0.05) is 0 Å². The van der Waals surface area contributed by atoms with E-state index >= 15 is 0 Å². The molecule has 0 heterocycles. The van der Waals surface area contributed by atoms with Crippen LogP contribution in [0.15, 0.2) is 0 Å². The van der Waals surface area contributed by atoms with Crippen LogP contribution >= 0.6 is 0 Å². The van der Waals surface area contributed by atoms with Gasteiger partial charge in [0.15, 0.2) is 0 Å². The van der Waals surface area contributed by atoms with Crippen LogP contribution in [0.2, 0.25) is 0 Å². The minimum absolute atomic E-state index is 0.785. The van der Waals surface area contributed by atoms with Gasteiger partial charge >= 0.3 is 0 Å². The first kappa shape index (κ1) is 13.8. The first-order valence-corrected chi connectivity index (χ1v) is 5.73. The molecular weight excluding hydrogens is 180 g/mol. The van der Waals surface area contributed by atoms with E-state index in [2.05, 4.69) is 10.6 Å². The van der Waals surface area contributed by atoms with Crippen molar-refractivity contribution in [1.82, 2.24) is 10.6 Å². The molecule has 0 aliphatic carbocycles. The Hall–Kier alpha value is -0.160. The van der Waals surface area contributed by atoms with Gasteiger partial charge in [0.2, 0.25) is 0 Å². The number of nitrogens with two attached hydrogens (primary N) is 2. The maximum Gasteiger partial charge on any atom is -0.00369 e. The van der Waals surface area contributed by atoms with E-state index in [1.165, 1.54) is 12.8 Å². The average Bonchev–Trinajstić information content (AvgIpc) is 2.21. The van der Waals surface area contributed by atoms with Crippen molar-refractivity contribution in [1.29, 1.82) is 0 Å². The molecule has 0 fully saturated rings. The molecule has 0 rings (SSSR count). The summed E-state index contributed by atoms with van der Waals surface area (Å²) < 4.78 is 0. The normalized spacial score (nSPS) is 10.7. The van der Waals surface area contributed by atoms with Crippen LogP contribution in [-0.2, 0) is 0 Å². The van der Waals surface area contributed by atoms with Gasteiger partial charge in [0.1, 0.15) is 0 Å². The number of nitrogens with one attached hydrogen (secondary N) is 2. The largest absolute Gasteiger partial charge is 0.330 e. The Morgan fingerprint density at radius 1 is 0.571 bits per heavy atom. The molecule has 0 saturated carbocycles. The van der Waals surface area contributed by atoms with Crippen molar-refractivity contribution >= 4 is 0 Å². The first-order valence-electron chi connectivity index (χ1n) is 5.73. The summed E-state index contributed by atoms with van der Waals surface area (Å²) in [6, 6.07) is 0. The van der Waals surface area contributed by atoms with Gasteiger partial charge in [0.05, 0.1) is 0 Å². The lowest BCUT2D eigenvalue weighted by atomic mass is 10.3. The van der Waals surface area contributed by atoms with Crippen molar-refractivity contribution in [2.24, 2.45) is 11.5 Å². The number of unbranched alkanes of at least 4 members (excludes halogenated alkanes) is 1. The van der Waals surface area contributed by atoms with Crippen molar-refractivity contribution in [3.8, 4) is 0 Å². The Balaban J connectivity index is 2.78. The Kier molecular flexibility index (Phi) is 12.7. The van der Waals surface area contributed by atoms with Gasteiger partial charge in [0, 0.05) is 0 Å². The zero-order valence-electron chi connectivity index (χ0n) is 9.23. The topological polar surface area (TPSA) is 76.1 Å². The fourth-order valence-corrected chi connectivity index (χ4v) is 1.20. The third kappa shape index (κ3) is 11.8. The summed E-state index contributed by atoms with van der Waals surface area (Å²) in [5.74, 6) is 0. The molecule has 0 aromatic carbocycles. The summed E-state index contributed by atoms with van der Waals surface area (Å²) in [5.41, 5.74) is 10.8. The predicted octanol–water partition coefficient (Wildman–Crippen LogP) is -0.357. The fraction of sp³-hybridized carbons (Fsp3) is 1.00. The molecule has 86 valence electrons. The maximum atomic E-state index is 5.38. The van der Waals surface area contributed by atoms with E-state index in [0.29, 0.717) is 0 Å². The Morgan fingerprint density at radius 3 is 1.29 bits per heavy atom. The van der Waals surface area contributed by atoms with Crippen molar-refractivity contribution in [3.05, 3.63) is 0 Å². The molecule has 0 amide bonds. The second-order valence-electron chi connectivity index (χ2n) is 3.49. The van der Waals surface area contributed by atoms with Crippen LogP contribution in [-0.4, -0.2) is 39.3 Å². The summed E-state index contributed by atoms with van der Waals surface area (Å²) in [4.78, 5) is 0. The van der Waals surface area contributed by atoms with Gasteiger partial charge in [0.25, 0.3) is 0 Å². The SMILES string of the molecule is NCCCNCCCC[15NH]C[13CH2][13CH2][15NH2]. The van der Waals surface area contributed by atoms with E-state index in [0.717, 1.165) is 52.1 Å². The molecule has 0 aliphatic heterocycles. The molecule has 4 nitrogen and oxygen atoms in total. The summed E-state index contributed by atoms with van der Waals surface area (Å²) in [5, 5.41) is 6.72. The van der Waals surface area contributed by atoms with Crippen LogP contribution < -0.4 is 22.1 Å². The standard InChI is InChI=1S/C10H26N4/c11-5-3-9-13-7-1-2-8-14-10-4-6-12/h13-14H,1-12H2/i3+1,5+1,11+1,13+1. The van der Waals surface area contributed by atoms with Crippen molar-refractivity contribution in [2.45, 2.75) is 25.7 Å². The van der Waals surface area contributed by atoms with Crippen LogP contribution in [0.5, 0.6) is 0 Å². The number of rotatable bonds is 11. The highest BCUT2D eigenvalue weighted by atomic mass is 15.6. The quantitative estimate of drug-likeness (QED) is 0.212. The molecule has 0 aromatic rings. The van der Waals surface area contributed by atoms with Crippen LogP contribution in [0.4, 0.5) is 0 Å². The zero-order chi connectivity index (χ0) is 10.5. The summed E-state index contributed by atoms with van der Waals surface area (Å²) in [6.45, 7) is 5.90. The highest BCUT2D eigenvalue weighted by molar-refractivity contribution is 4.52. The van der Waals surface area contributed by atoms with Crippen molar-refractivity contribution in [3.63, 3.8) is 0 Å². The van der Waals surface area contributed by atoms with E-state index in [1.807, 2.05) is 0 Å². The zero-order valence-corrected chi connectivity index (χ0v) is 9.23. The van der Waals surface area contributed by atoms with Crippen LogP contribution in [0, 0.1) is 0 Å². The molecule has 14 heavy (non-hydrogen) atoms. The smallest absolute Gasteiger partial charge is 0.00369 e. The van der Waals surface area contributed by atoms with E-state index in [-0.39, 0.29) is 0 Å². The molecule has 0 atom stereocenters. The van der Waals surface area contributed by atoms with Crippen molar-refractivity contribution < 1.29 is 0 Å². The van der Waals surface area contributed by atoms with Gasteiger partial charge in [-0.2, -0.15) is 0 Å². The monoisotopic (exact) mass is 206 g/mol.